The van der Waals surface area contributed by atoms with E-state index in [-0.39, 0.29) is 0 Å². The van der Waals surface area contributed by atoms with Crippen LogP contribution in [0.15, 0.2) is 41.4 Å². The molecule has 2 aromatic rings. The van der Waals surface area contributed by atoms with Gasteiger partial charge < -0.3 is 11.1 Å². The molecule has 5 heteroatoms. The van der Waals surface area contributed by atoms with Crippen LogP contribution in [0.3, 0.4) is 0 Å². The molecular weight excluding hydrogens is 268 g/mol. The number of anilines is 1. The molecule has 102 valence electrons. The minimum atomic E-state index is 0.442. The number of rotatable bonds is 5. The van der Waals surface area contributed by atoms with E-state index in [2.05, 4.69) is 28.5 Å². The molecule has 0 saturated carbocycles. The van der Waals surface area contributed by atoms with E-state index in [1.54, 1.807) is 6.92 Å². The fourth-order valence-corrected chi connectivity index (χ4v) is 2.51. The second kappa shape index (κ2) is 6.73. The summed E-state index contributed by atoms with van der Waals surface area (Å²) in [5.74, 6) is 0. The van der Waals surface area contributed by atoms with Crippen molar-refractivity contribution in [2.75, 3.05) is 11.9 Å². The summed E-state index contributed by atoms with van der Waals surface area (Å²) in [6, 6.07) is 12.4. The molecule has 2 rings (SSSR count). The number of aromatic nitrogens is 1. The van der Waals surface area contributed by atoms with Crippen molar-refractivity contribution >= 4 is 22.0 Å². The Morgan fingerprint density at radius 2 is 2.15 bits per heavy atom. The molecule has 0 aliphatic carbocycles. The van der Waals surface area contributed by atoms with Crippen molar-refractivity contribution in [1.82, 2.24) is 4.98 Å². The fraction of sp³-hybridized carbons (Fsp3) is 0.200. The van der Waals surface area contributed by atoms with Crippen molar-refractivity contribution in [3.8, 4) is 6.07 Å². The summed E-state index contributed by atoms with van der Waals surface area (Å²) in [5.41, 5.74) is 8.53. The highest BCUT2D eigenvalue weighted by atomic mass is 32.1. The maximum Gasteiger partial charge on any atom is 0.183 e. The largest absolute Gasteiger partial charge is 0.401 e. The zero-order valence-electron chi connectivity index (χ0n) is 11.3. The van der Waals surface area contributed by atoms with Crippen molar-refractivity contribution in [3.63, 3.8) is 0 Å². The first-order chi connectivity index (χ1) is 9.70. The van der Waals surface area contributed by atoms with Crippen molar-refractivity contribution in [2.45, 2.75) is 13.3 Å². The van der Waals surface area contributed by atoms with Crippen LogP contribution in [0.2, 0.25) is 0 Å². The molecule has 0 atom stereocenters. The highest BCUT2D eigenvalue weighted by Gasteiger charge is 2.08. The molecule has 1 aromatic carbocycles. The van der Waals surface area contributed by atoms with E-state index < -0.39 is 0 Å². The summed E-state index contributed by atoms with van der Waals surface area (Å²) in [6.07, 6.45) is 0.937. The zero-order chi connectivity index (χ0) is 14.4. The van der Waals surface area contributed by atoms with Crippen molar-refractivity contribution in [1.29, 1.82) is 5.26 Å². The summed E-state index contributed by atoms with van der Waals surface area (Å²) in [7, 11) is 0. The lowest BCUT2D eigenvalue weighted by Gasteiger charge is -2.02. The number of thiazole rings is 1. The van der Waals surface area contributed by atoms with E-state index in [1.807, 2.05) is 23.6 Å². The lowest BCUT2D eigenvalue weighted by molar-refractivity contribution is 1.01. The highest BCUT2D eigenvalue weighted by Crippen LogP contribution is 2.22. The molecule has 0 amide bonds. The van der Waals surface area contributed by atoms with Gasteiger partial charge in [0.15, 0.2) is 5.13 Å². The van der Waals surface area contributed by atoms with Crippen LogP contribution in [0.25, 0.3) is 5.57 Å². The number of nitrogens with zero attached hydrogens (tertiary/aromatic N) is 2. The van der Waals surface area contributed by atoms with Crippen LogP contribution >= 0.6 is 11.3 Å². The molecule has 0 saturated heterocycles. The predicted molar refractivity (Wildman–Crippen MR) is 83.1 cm³/mol. The third-order valence-corrected chi connectivity index (χ3v) is 3.60. The lowest BCUT2D eigenvalue weighted by Crippen LogP contribution is -2.04. The van der Waals surface area contributed by atoms with Gasteiger partial charge in [0.2, 0.25) is 0 Å². The maximum atomic E-state index is 9.04. The Balaban J connectivity index is 1.94. The normalized spacial score (nSPS) is 11.6. The topological polar surface area (TPSA) is 74.7 Å². The number of nitrogens with one attached hydrogen (secondary N) is 1. The highest BCUT2D eigenvalue weighted by molar-refractivity contribution is 7.13. The maximum absolute atomic E-state index is 9.04. The average molecular weight is 284 g/mol. The third-order valence-electron chi connectivity index (χ3n) is 2.80. The molecule has 4 nitrogen and oxygen atoms in total. The Morgan fingerprint density at radius 1 is 1.40 bits per heavy atom. The van der Waals surface area contributed by atoms with Gasteiger partial charge in [-0.3, -0.25) is 0 Å². The summed E-state index contributed by atoms with van der Waals surface area (Å²) < 4.78 is 0. The molecule has 0 bridgehead atoms. The van der Waals surface area contributed by atoms with Crippen molar-refractivity contribution in [2.24, 2.45) is 5.73 Å². The van der Waals surface area contributed by atoms with E-state index in [1.165, 1.54) is 16.9 Å². The summed E-state index contributed by atoms with van der Waals surface area (Å²) in [4.78, 5) is 4.38. The smallest absolute Gasteiger partial charge is 0.183 e. The lowest BCUT2D eigenvalue weighted by atomic mass is 10.1. The summed E-state index contributed by atoms with van der Waals surface area (Å²) in [5, 5.41) is 15.0. The molecule has 0 aliphatic rings. The Hall–Kier alpha value is -2.32. The molecule has 3 N–H and O–H groups in total. The molecule has 1 aromatic heterocycles. The van der Waals surface area contributed by atoms with Crippen molar-refractivity contribution in [3.05, 3.63) is 52.7 Å². The molecule has 0 spiro atoms. The van der Waals surface area contributed by atoms with Gasteiger partial charge in [0.25, 0.3) is 0 Å². The molecule has 0 radical (unpaired) electrons. The van der Waals surface area contributed by atoms with Gasteiger partial charge in [-0.15, -0.1) is 11.3 Å². The van der Waals surface area contributed by atoms with Gasteiger partial charge in [0.05, 0.1) is 11.3 Å². The van der Waals surface area contributed by atoms with Crippen LogP contribution in [0, 0.1) is 11.3 Å². The number of nitrogens with two attached hydrogens (primary N) is 1. The summed E-state index contributed by atoms with van der Waals surface area (Å²) in [6.45, 7) is 2.52. The van der Waals surface area contributed by atoms with Crippen LogP contribution in [0.1, 0.15) is 18.2 Å². The fourth-order valence-electron chi connectivity index (χ4n) is 1.78. The summed E-state index contributed by atoms with van der Waals surface area (Å²) >= 11 is 1.48. The van der Waals surface area contributed by atoms with Gasteiger partial charge in [-0.25, -0.2) is 4.98 Å². The van der Waals surface area contributed by atoms with Crippen LogP contribution in [0.5, 0.6) is 0 Å². The zero-order valence-corrected chi connectivity index (χ0v) is 12.1. The van der Waals surface area contributed by atoms with E-state index in [4.69, 9.17) is 11.0 Å². The van der Waals surface area contributed by atoms with E-state index in [0.717, 1.165) is 18.1 Å². The number of hydrogen-bond acceptors (Lipinski definition) is 5. The van der Waals surface area contributed by atoms with Gasteiger partial charge >= 0.3 is 0 Å². The van der Waals surface area contributed by atoms with Crippen LogP contribution < -0.4 is 11.1 Å². The Kier molecular flexibility index (Phi) is 4.75. The predicted octanol–water partition coefficient (Wildman–Crippen LogP) is 3.01. The Labute approximate surface area is 122 Å². The molecule has 1 heterocycles. The molecule has 0 aliphatic heterocycles. The second-order valence-electron chi connectivity index (χ2n) is 4.37. The molecule has 0 unspecified atom stereocenters. The minimum absolute atomic E-state index is 0.442. The van der Waals surface area contributed by atoms with Gasteiger partial charge in [-0.2, -0.15) is 5.26 Å². The van der Waals surface area contributed by atoms with Gasteiger partial charge in [0, 0.05) is 17.6 Å². The molecule has 0 fully saturated rings. The number of allylic oxidation sites excluding steroid dienone is 2. The van der Waals surface area contributed by atoms with Crippen LogP contribution in [-0.2, 0) is 6.42 Å². The van der Waals surface area contributed by atoms with E-state index in [0.29, 0.717) is 17.0 Å². The number of benzene rings is 1. The Bertz CT molecular complexity index is 633. The van der Waals surface area contributed by atoms with Crippen LogP contribution in [0.4, 0.5) is 5.13 Å². The Morgan fingerprint density at radius 3 is 2.80 bits per heavy atom. The minimum Gasteiger partial charge on any atom is -0.401 e. The number of hydrogen-bond donors (Lipinski definition) is 2. The first-order valence-electron chi connectivity index (χ1n) is 6.31. The first kappa shape index (κ1) is 14.1. The first-order valence-corrected chi connectivity index (χ1v) is 7.19. The van der Waals surface area contributed by atoms with Crippen LogP contribution in [-0.4, -0.2) is 11.5 Å². The van der Waals surface area contributed by atoms with Gasteiger partial charge in [0.1, 0.15) is 6.07 Å². The average Bonchev–Trinajstić information content (AvgIpc) is 2.89. The SMILES string of the molecule is C/C(N)=C(/C#N)c1csc(NCCc2ccccc2)n1. The van der Waals surface area contributed by atoms with E-state index in [9.17, 15) is 0 Å². The molecular formula is C15H16N4S. The quantitative estimate of drug-likeness (QED) is 0.828. The van der Waals surface area contributed by atoms with Gasteiger partial charge in [-0.05, 0) is 18.9 Å². The standard InChI is InChI=1S/C15H16N4S/c1-11(17)13(9-16)14-10-20-15(19-14)18-8-7-12-5-3-2-4-6-12/h2-6,10H,7-8,17H2,1H3,(H,18,19)/b13-11+. The monoisotopic (exact) mass is 284 g/mol. The molecule has 20 heavy (non-hydrogen) atoms. The number of nitriles is 1. The van der Waals surface area contributed by atoms with Gasteiger partial charge in [-0.1, -0.05) is 30.3 Å². The second-order valence-corrected chi connectivity index (χ2v) is 5.23. The van der Waals surface area contributed by atoms with Crippen molar-refractivity contribution < 1.29 is 0 Å². The third kappa shape index (κ3) is 3.59. The van der Waals surface area contributed by atoms with E-state index >= 15 is 0 Å².